The summed E-state index contributed by atoms with van der Waals surface area (Å²) < 4.78 is 13.5. The number of hydrogen-bond donors (Lipinski definition) is 0. The SMILES string of the molecule is c1ccc(-c2ccc(-c3nc(-c4ccc5ccccc5c4)nc(-c4cccc5oc6cc7c(cc6c45)-c4ccccc4C74c5ccccc5Oc5ccccc54)n3)cc2)cc1. The number of fused-ring (bicyclic) bond motifs is 13. The Morgan fingerprint density at radius 2 is 0.934 bits per heavy atom. The van der Waals surface area contributed by atoms with Crippen molar-refractivity contribution in [2.24, 2.45) is 0 Å². The number of hydrogen-bond acceptors (Lipinski definition) is 5. The molecule has 284 valence electrons. The molecule has 61 heavy (non-hydrogen) atoms. The summed E-state index contributed by atoms with van der Waals surface area (Å²) in [5.74, 6) is 3.51. The lowest BCUT2D eigenvalue weighted by atomic mass is 9.66. The van der Waals surface area contributed by atoms with Gasteiger partial charge >= 0.3 is 0 Å². The topological polar surface area (TPSA) is 61.0 Å². The van der Waals surface area contributed by atoms with Crippen molar-refractivity contribution in [1.82, 2.24) is 15.0 Å². The van der Waals surface area contributed by atoms with E-state index in [4.69, 9.17) is 24.1 Å². The number of para-hydroxylation sites is 2. The normalized spacial score (nSPS) is 13.2. The third-order valence-corrected chi connectivity index (χ3v) is 12.6. The minimum atomic E-state index is -0.596. The van der Waals surface area contributed by atoms with Crippen LogP contribution in [0.25, 0.3) is 89.1 Å². The number of benzene rings is 9. The molecule has 11 aromatic rings. The van der Waals surface area contributed by atoms with Crippen LogP contribution in [0.3, 0.4) is 0 Å². The maximum atomic E-state index is 6.88. The molecule has 0 fully saturated rings. The first-order valence-electron chi connectivity index (χ1n) is 20.6. The highest BCUT2D eigenvalue weighted by Crippen LogP contribution is 2.62. The van der Waals surface area contributed by atoms with Crippen molar-refractivity contribution in [1.29, 1.82) is 0 Å². The van der Waals surface area contributed by atoms with Crippen LogP contribution in [0.5, 0.6) is 11.5 Å². The Bertz CT molecular complexity index is 3530. The van der Waals surface area contributed by atoms with E-state index in [1.807, 2.05) is 30.3 Å². The molecule has 0 atom stereocenters. The summed E-state index contributed by atoms with van der Waals surface area (Å²) in [6, 6.07) is 70.1. The predicted molar refractivity (Wildman–Crippen MR) is 244 cm³/mol. The fourth-order valence-corrected chi connectivity index (χ4v) is 9.88. The highest BCUT2D eigenvalue weighted by Gasteiger charge is 2.51. The third kappa shape index (κ3) is 4.98. The van der Waals surface area contributed by atoms with Gasteiger partial charge < -0.3 is 9.15 Å². The molecule has 3 heterocycles. The van der Waals surface area contributed by atoms with Gasteiger partial charge in [-0.1, -0.05) is 164 Å². The van der Waals surface area contributed by atoms with E-state index < -0.39 is 5.41 Å². The molecule has 9 aromatic carbocycles. The Morgan fingerprint density at radius 1 is 0.344 bits per heavy atom. The van der Waals surface area contributed by atoms with Crippen LogP contribution in [-0.4, -0.2) is 15.0 Å². The second kappa shape index (κ2) is 12.9. The van der Waals surface area contributed by atoms with Crippen molar-refractivity contribution < 1.29 is 9.15 Å². The van der Waals surface area contributed by atoms with E-state index >= 15 is 0 Å². The van der Waals surface area contributed by atoms with Gasteiger partial charge in [0.25, 0.3) is 0 Å². The van der Waals surface area contributed by atoms with Gasteiger partial charge in [-0.25, -0.2) is 15.0 Å². The average molecular weight is 780 g/mol. The lowest BCUT2D eigenvalue weighted by Crippen LogP contribution is -2.32. The van der Waals surface area contributed by atoms with Gasteiger partial charge in [0.15, 0.2) is 17.5 Å². The Labute approximate surface area is 351 Å². The average Bonchev–Trinajstić information content (AvgIpc) is 3.84. The Kier molecular flexibility index (Phi) is 7.16. The Morgan fingerprint density at radius 3 is 1.72 bits per heavy atom. The van der Waals surface area contributed by atoms with Crippen LogP contribution in [0.4, 0.5) is 0 Å². The summed E-state index contributed by atoms with van der Waals surface area (Å²) in [5, 5.41) is 4.26. The molecule has 5 heteroatoms. The summed E-state index contributed by atoms with van der Waals surface area (Å²) in [7, 11) is 0. The van der Waals surface area contributed by atoms with Gasteiger partial charge in [-0.3, -0.25) is 0 Å². The summed E-state index contributed by atoms with van der Waals surface area (Å²) in [6.45, 7) is 0. The van der Waals surface area contributed by atoms with E-state index in [0.29, 0.717) is 17.5 Å². The molecule has 1 aliphatic carbocycles. The lowest BCUT2D eigenvalue weighted by molar-refractivity contribution is 0.436. The molecular weight excluding hydrogens is 747 g/mol. The largest absolute Gasteiger partial charge is 0.457 e. The standard InChI is InChI=1S/C56H33N3O2/c1-2-13-34(14-3-1)36-25-28-37(29-26-36)53-57-54(39-30-27-35-15-4-5-16-38(35)31-39)59-55(58-53)41-18-12-24-50-52(41)43-32-42-40-17-6-7-19-44(40)56(47(42)33-51(43)61-50)45-20-8-10-22-48(45)60-49-23-11-9-21-46(49)56/h1-33H. The van der Waals surface area contributed by atoms with Gasteiger partial charge in [-0.05, 0) is 80.6 Å². The van der Waals surface area contributed by atoms with Crippen molar-refractivity contribution in [2.75, 3.05) is 0 Å². The fraction of sp³-hybridized carbons (Fsp3) is 0.0179. The first-order valence-corrected chi connectivity index (χ1v) is 20.6. The molecular formula is C56H33N3O2. The molecule has 0 amide bonds. The summed E-state index contributed by atoms with van der Waals surface area (Å²) in [4.78, 5) is 15.6. The molecule has 0 saturated carbocycles. The Balaban J connectivity index is 1.04. The molecule has 5 nitrogen and oxygen atoms in total. The van der Waals surface area contributed by atoms with Crippen molar-refractivity contribution in [3.63, 3.8) is 0 Å². The van der Waals surface area contributed by atoms with Crippen LogP contribution >= 0.6 is 0 Å². The van der Waals surface area contributed by atoms with Crippen LogP contribution in [0.15, 0.2) is 205 Å². The van der Waals surface area contributed by atoms with E-state index in [2.05, 4.69) is 170 Å². The maximum Gasteiger partial charge on any atom is 0.164 e. The lowest BCUT2D eigenvalue weighted by Gasteiger charge is -2.39. The molecule has 1 spiro atoms. The van der Waals surface area contributed by atoms with Crippen LogP contribution in [-0.2, 0) is 5.41 Å². The van der Waals surface area contributed by atoms with Crippen LogP contribution in [0.2, 0.25) is 0 Å². The zero-order valence-corrected chi connectivity index (χ0v) is 32.7. The second-order valence-corrected chi connectivity index (χ2v) is 15.9. The number of nitrogens with zero attached hydrogens (tertiary/aromatic N) is 3. The van der Waals surface area contributed by atoms with Crippen LogP contribution < -0.4 is 4.74 Å². The minimum absolute atomic E-state index is 0.582. The highest BCUT2D eigenvalue weighted by molar-refractivity contribution is 6.14. The highest BCUT2D eigenvalue weighted by atomic mass is 16.5. The van der Waals surface area contributed by atoms with E-state index in [9.17, 15) is 0 Å². The van der Waals surface area contributed by atoms with Crippen molar-refractivity contribution in [2.45, 2.75) is 5.41 Å². The van der Waals surface area contributed by atoms with Gasteiger partial charge in [0.2, 0.25) is 0 Å². The Hall–Kier alpha value is -8.15. The second-order valence-electron chi connectivity index (χ2n) is 15.9. The van der Waals surface area contributed by atoms with Crippen molar-refractivity contribution in [3.05, 3.63) is 222 Å². The summed E-state index contributed by atoms with van der Waals surface area (Å²) >= 11 is 0. The molecule has 2 aromatic heterocycles. The molecule has 2 aliphatic rings. The van der Waals surface area contributed by atoms with Gasteiger partial charge in [-0.15, -0.1) is 0 Å². The predicted octanol–water partition coefficient (Wildman–Crippen LogP) is 14.1. The summed E-state index contributed by atoms with van der Waals surface area (Å²) in [6.07, 6.45) is 0. The first kappa shape index (κ1) is 33.8. The molecule has 0 unspecified atom stereocenters. The zero-order valence-electron chi connectivity index (χ0n) is 32.7. The minimum Gasteiger partial charge on any atom is -0.457 e. The van der Waals surface area contributed by atoms with Gasteiger partial charge in [0.05, 0.1) is 5.41 Å². The molecule has 0 bridgehead atoms. The number of furan rings is 1. The van der Waals surface area contributed by atoms with E-state index in [1.165, 1.54) is 22.3 Å². The van der Waals surface area contributed by atoms with Gasteiger partial charge in [0.1, 0.15) is 22.7 Å². The van der Waals surface area contributed by atoms with Crippen molar-refractivity contribution in [3.8, 4) is 67.9 Å². The van der Waals surface area contributed by atoms with E-state index in [1.54, 1.807) is 0 Å². The molecule has 0 N–H and O–H groups in total. The van der Waals surface area contributed by atoms with E-state index in [0.717, 1.165) is 83.2 Å². The first-order chi connectivity index (χ1) is 30.2. The van der Waals surface area contributed by atoms with Gasteiger partial charge in [-0.2, -0.15) is 0 Å². The van der Waals surface area contributed by atoms with Crippen molar-refractivity contribution >= 4 is 32.7 Å². The number of aromatic nitrogens is 3. The zero-order chi connectivity index (χ0) is 40.1. The monoisotopic (exact) mass is 779 g/mol. The molecule has 1 aliphatic heterocycles. The number of ether oxygens (including phenoxy) is 1. The van der Waals surface area contributed by atoms with Crippen LogP contribution in [0.1, 0.15) is 22.3 Å². The van der Waals surface area contributed by atoms with Crippen LogP contribution in [0, 0.1) is 0 Å². The van der Waals surface area contributed by atoms with Gasteiger partial charge in [0, 0.05) is 38.6 Å². The molecule has 0 radical (unpaired) electrons. The number of rotatable bonds is 4. The smallest absolute Gasteiger partial charge is 0.164 e. The molecule has 13 rings (SSSR count). The molecule has 0 saturated heterocycles. The summed E-state index contributed by atoms with van der Waals surface area (Å²) in [5.41, 5.74) is 13.0. The quantitative estimate of drug-likeness (QED) is 0.178. The third-order valence-electron chi connectivity index (χ3n) is 12.6. The fourth-order valence-electron chi connectivity index (χ4n) is 9.88. The van der Waals surface area contributed by atoms with E-state index in [-0.39, 0.29) is 0 Å². The maximum absolute atomic E-state index is 6.88.